The summed E-state index contributed by atoms with van der Waals surface area (Å²) < 4.78 is 14.2. The molecule has 0 spiro atoms. The van der Waals surface area contributed by atoms with Crippen LogP contribution in [0.3, 0.4) is 0 Å². The molecular formula is C13H15BrFNO. The summed E-state index contributed by atoms with van der Waals surface area (Å²) in [6.45, 7) is 5.13. The normalized spacial score (nSPS) is 10.8. The van der Waals surface area contributed by atoms with Gasteiger partial charge in [-0.05, 0) is 38.1 Å². The number of likely N-dealkylation sites (N-methyl/N-ethyl adjacent to an activating group) is 1. The predicted molar refractivity (Wildman–Crippen MR) is 71.1 cm³/mol. The topological polar surface area (TPSA) is 20.3 Å². The van der Waals surface area contributed by atoms with E-state index in [4.69, 9.17) is 0 Å². The number of nitrogens with zero attached hydrogens (tertiary/aromatic N) is 1. The Hall–Kier alpha value is -1.16. The minimum atomic E-state index is -0.336. The molecule has 0 atom stereocenters. The number of hydrogen-bond donors (Lipinski definition) is 0. The van der Waals surface area contributed by atoms with Crippen LogP contribution in [-0.2, 0) is 4.79 Å². The molecule has 0 heterocycles. The molecule has 1 rings (SSSR count). The summed E-state index contributed by atoms with van der Waals surface area (Å²) in [4.78, 5) is 13.4. The van der Waals surface area contributed by atoms with Crippen molar-refractivity contribution in [1.82, 2.24) is 4.90 Å². The van der Waals surface area contributed by atoms with Crippen molar-refractivity contribution in [2.75, 3.05) is 13.1 Å². The maximum absolute atomic E-state index is 13.4. The third-order valence-corrected chi connectivity index (χ3v) is 2.93. The third-order valence-electron chi connectivity index (χ3n) is 2.44. The van der Waals surface area contributed by atoms with Crippen molar-refractivity contribution in [2.45, 2.75) is 13.8 Å². The largest absolute Gasteiger partial charge is 0.340 e. The van der Waals surface area contributed by atoms with E-state index in [0.29, 0.717) is 18.7 Å². The molecule has 92 valence electrons. The van der Waals surface area contributed by atoms with E-state index in [9.17, 15) is 9.18 Å². The molecule has 4 heteroatoms. The molecule has 0 unspecified atom stereocenters. The Morgan fingerprint density at radius 3 is 2.65 bits per heavy atom. The number of rotatable bonds is 4. The molecule has 0 radical (unpaired) electrons. The van der Waals surface area contributed by atoms with Gasteiger partial charge in [0.1, 0.15) is 5.82 Å². The van der Waals surface area contributed by atoms with E-state index in [1.807, 2.05) is 13.8 Å². The predicted octanol–water partition coefficient (Wildman–Crippen LogP) is 3.47. The molecule has 0 bridgehead atoms. The number of carbonyl (C=O) groups excluding carboxylic acids is 1. The van der Waals surface area contributed by atoms with Gasteiger partial charge < -0.3 is 4.90 Å². The molecule has 1 aromatic carbocycles. The number of halogens is 2. The van der Waals surface area contributed by atoms with E-state index in [-0.39, 0.29) is 11.7 Å². The molecule has 0 aromatic heterocycles. The van der Waals surface area contributed by atoms with Crippen LogP contribution in [0.25, 0.3) is 6.08 Å². The lowest BCUT2D eigenvalue weighted by Crippen LogP contribution is -2.28. The van der Waals surface area contributed by atoms with E-state index in [1.54, 1.807) is 17.0 Å². The van der Waals surface area contributed by atoms with E-state index < -0.39 is 0 Å². The zero-order chi connectivity index (χ0) is 12.8. The van der Waals surface area contributed by atoms with Crippen LogP contribution in [0.2, 0.25) is 0 Å². The van der Waals surface area contributed by atoms with Crippen molar-refractivity contribution in [1.29, 1.82) is 0 Å². The first-order valence-electron chi connectivity index (χ1n) is 5.50. The zero-order valence-corrected chi connectivity index (χ0v) is 11.5. The molecule has 0 aliphatic rings. The average molecular weight is 300 g/mol. The van der Waals surface area contributed by atoms with Crippen molar-refractivity contribution >= 4 is 27.9 Å². The highest BCUT2D eigenvalue weighted by molar-refractivity contribution is 9.10. The molecule has 17 heavy (non-hydrogen) atoms. The summed E-state index contributed by atoms with van der Waals surface area (Å²) in [7, 11) is 0. The van der Waals surface area contributed by atoms with Crippen LogP contribution in [0.15, 0.2) is 28.7 Å². The number of carbonyl (C=O) groups is 1. The Balaban J connectivity index is 2.83. The van der Waals surface area contributed by atoms with Crippen molar-refractivity contribution in [3.63, 3.8) is 0 Å². The average Bonchev–Trinajstić information content (AvgIpc) is 2.32. The van der Waals surface area contributed by atoms with Crippen molar-refractivity contribution in [3.05, 3.63) is 40.1 Å². The highest BCUT2D eigenvalue weighted by Crippen LogP contribution is 2.16. The monoisotopic (exact) mass is 299 g/mol. The molecule has 2 nitrogen and oxygen atoms in total. The second-order valence-electron chi connectivity index (χ2n) is 3.51. The molecule has 0 saturated heterocycles. The minimum absolute atomic E-state index is 0.102. The molecule has 0 fully saturated rings. The van der Waals surface area contributed by atoms with Crippen molar-refractivity contribution in [2.24, 2.45) is 0 Å². The minimum Gasteiger partial charge on any atom is -0.340 e. The first-order chi connectivity index (χ1) is 8.08. The Kier molecular flexibility index (Phi) is 5.35. The van der Waals surface area contributed by atoms with E-state index in [2.05, 4.69) is 15.9 Å². The summed E-state index contributed by atoms with van der Waals surface area (Å²) in [6, 6.07) is 4.63. The van der Waals surface area contributed by atoms with Crippen LogP contribution in [0.4, 0.5) is 4.39 Å². The van der Waals surface area contributed by atoms with E-state index in [0.717, 1.165) is 4.47 Å². The van der Waals surface area contributed by atoms with E-state index >= 15 is 0 Å². The van der Waals surface area contributed by atoms with Gasteiger partial charge >= 0.3 is 0 Å². The summed E-state index contributed by atoms with van der Waals surface area (Å²) in [5.41, 5.74) is 0.403. The first-order valence-corrected chi connectivity index (χ1v) is 6.29. The lowest BCUT2D eigenvalue weighted by atomic mass is 10.2. The molecular weight excluding hydrogens is 285 g/mol. The Morgan fingerprint density at radius 2 is 2.06 bits per heavy atom. The molecule has 1 amide bonds. The van der Waals surface area contributed by atoms with Gasteiger partial charge in [-0.15, -0.1) is 0 Å². The van der Waals surface area contributed by atoms with Crippen molar-refractivity contribution in [3.8, 4) is 0 Å². The van der Waals surface area contributed by atoms with Crippen LogP contribution in [0, 0.1) is 5.82 Å². The zero-order valence-electron chi connectivity index (χ0n) is 9.91. The SMILES string of the molecule is CCN(CC)C(=O)/C=C\c1cc(Br)ccc1F. The van der Waals surface area contributed by atoms with Gasteiger partial charge in [0.05, 0.1) is 0 Å². The second-order valence-corrected chi connectivity index (χ2v) is 4.43. The van der Waals surface area contributed by atoms with Crippen LogP contribution in [0.5, 0.6) is 0 Å². The van der Waals surface area contributed by atoms with Gasteiger partial charge in [-0.2, -0.15) is 0 Å². The third kappa shape index (κ3) is 3.97. The smallest absolute Gasteiger partial charge is 0.246 e. The van der Waals surface area contributed by atoms with Gasteiger partial charge in [0.25, 0.3) is 0 Å². The van der Waals surface area contributed by atoms with Crippen LogP contribution < -0.4 is 0 Å². The first kappa shape index (κ1) is 13.9. The van der Waals surface area contributed by atoms with Gasteiger partial charge in [0.15, 0.2) is 0 Å². The Morgan fingerprint density at radius 1 is 1.41 bits per heavy atom. The molecule has 1 aromatic rings. The molecule has 0 aliphatic heterocycles. The maximum Gasteiger partial charge on any atom is 0.246 e. The van der Waals surface area contributed by atoms with Gasteiger partial charge in [-0.1, -0.05) is 15.9 Å². The number of hydrogen-bond acceptors (Lipinski definition) is 1. The molecule has 0 N–H and O–H groups in total. The van der Waals surface area contributed by atoms with Crippen LogP contribution in [0.1, 0.15) is 19.4 Å². The summed E-state index contributed by atoms with van der Waals surface area (Å²) in [5, 5.41) is 0. The van der Waals surface area contributed by atoms with Gasteiger partial charge in [-0.3, -0.25) is 4.79 Å². The van der Waals surface area contributed by atoms with Crippen molar-refractivity contribution < 1.29 is 9.18 Å². The fourth-order valence-corrected chi connectivity index (χ4v) is 1.82. The highest BCUT2D eigenvalue weighted by Gasteiger charge is 2.05. The molecule has 0 aliphatic carbocycles. The summed E-state index contributed by atoms with van der Waals surface area (Å²) >= 11 is 3.26. The van der Waals surface area contributed by atoms with Crippen LogP contribution in [-0.4, -0.2) is 23.9 Å². The van der Waals surface area contributed by atoms with Gasteiger partial charge in [-0.25, -0.2) is 4.39 Å². The number of benzene rings is 1. The summed E-state index contributed by atoms with van der Waals surface area (Å²) in [6.07, 6.45) is 2.90. The Labute approximate surface area is 109 Å². The number of amides is 1. The lowest BCUT2D eigenvalue weighted by Gasteiger charge is -2.15. The van der Waals surface area contributed by atoms with Crippen LogP contribution >= 0.6 is 15.9 Å². The molecule has 0 saturated carbocycles. The van der Waals surface area contributed by atoms with Gasteiger partial charge in [0, 0.05) is 29.2 Å². The lowest BCUT2D eigenvalue weighted by molar-refractivity contribution is -0.125. The highest BCUT2D eigenvalue weighted by atomic mass is 79.9. The fourth-order valence-electron chi connectivity index (χ4n) is 1.44. The standard InChI is InChI=1S/C13H15BrFNO/c1-3-16(4-2)13(17)8-5-10-9-11(14)6-7-12(10)15/h5-9H,3-4H2,1-2H3/b8-5-. The fraction of sp³-hybridized carbons (Fsp3) is 0.308. The van der Waals surface area contributed by atoms with Gasteiger partial charge in [0.2, 0.25) is 5.91 Å². The quantitative estimate of drug-likeness (QED) is 0.780. The maximum atomic E-state index is 13.4. The second kappa shape index (κ2) is 6.55. The Bertz CT molecular complexity index is 427. The summed E-state index contributed by atoms with van der Waals surface area (Å²) in [5.74, 6) is -0.439. The van der Waals surface area contributed by atoms with E-state index in [1.165, 1.54) is 18.2 Å².